The maximum atomic E-state index is 13.8. The SMILES string of the molecule is CNC(CCN(C)Cc1cccs1)c1ccccc1F. The number of benzene rings is 1. The van der Waals surface area contributed by atoms with Crippen LogP contribution in [0.25, 0.3) is 0 Å². The molecule has 2 rings (SSSR count). The topological polar surface area (TPSA) is 15.3 Å². The number of hydrogen-bond acceptors (Lipinski definition) is 3. The second-order valence-corrected chi connectivity index (χ2v) is 6.00. The fourth-order valence-electron chi connectivity index (χ4n) is 2.31. The third-order valence-electron chi connectivity index (χ3n) is 3.43. The van der Waals surface area contributed by atoms with Crippen LogP contribution in [0.4, 0.5) is 4.39 Å². The van der Waals surface area contributed by atoms with Gasteiger partial charge in [-0.2, -0.15) is 0 Å². The van der Waals surface area contributed by atoms with E-state index in [4.69, 9.17) is 0 Å². The van der Waals surface area contributed by atoms with Crippen LogP contribution in [0.2, 0.25) is 0 Å². The number of thiophene rings is 1. The molecule has 1 aromatic heterocycles. The molecule has 20 heavy (non-hydrogen) atoms. The third kappa shape index (κ3) is 4.13. The monoisotopic (exact) mass is 292 g/mol. The summed E-state index contributed by atoms with van der Waals surface area (Å²) in [6.45, 7) is 1.88. The molecule has 0 aliphatic heterocycles. The molecule has 0 bridgehead atoms. The molecule has 0 amide bonds. The Morgan fingerprint density at radius 2 is 2.05 bits per heavy atom. The van der Waals surface area contributed by atoms with Crippen molar-refractivity contribution < 1.29 is 4.39 Å². The van der Waals surface area contributed by atoms with Gasteiger partial charge in [-0.15, -0.1) is 11.3 Å². The van der Waals surface area contributed by atoms with E-state index in [2.05, 4.69) is 34.8 Å². The van der Waals surface area contributed by atoms with Crippen molar-refractivity contribution in [2.24, 2.45) is 0 Å². The lowest BCUT2D eigenvalue weighted by Crippen LogP contribution is -2.25. The summed E-state index contributed by atoms with van der Waals surface area (Å²) in [5.74, 6) is -0.132. The van der Waals surface area contributed by atoms with Crippen LogP contribution in [-0.2, 0) is 6.54 Å². The Balaban J connectivity index is 1.89. The second-order valence-electron chi connectivity index (χ2n) is 4.97. The number of nitrogens with one attached hydrogen (secondary N) is 1. The lowest BCUT2D eigenvalue weighted by Gasteiger charge is -2.21. The van der Waals surface area contributed by atoms with Crippen LogP contribution in [0, 0.1) is 5.82 Å². The minimum atomic E-state index is -0.132. The summed E-state index contributed by atoms with van der Waals surface area (Å²) in [6, 6.07) is 11.3. The zero-order valence-electron chi connectivity index (χ0n) is 12.0. The van der Waals surface area contributed by atoms with Crippen LogP contribution in [0.1, 0.15) is 22.9 Å². The van der Waals surface area contributed by atoms with Crippen molar-refractivity contribution in [2.45, 2.75) is 19.0 Å². The quantitative estimate of drug-likeness (QED) is 0.837. The molecule has 0 spiro atoms. The molecule has 1 heterocycles. The molecule has 4 heteroatoms. The zero-order chi connectivity index (χ0) is 14.4. The Morgan fingerprint density at radius 3 is 2.70 bits per heavy atom. The van der Waals surface area contributed by atoms with E-state index in [1.165, 1.54) is 10.9 Å². The number of hydrogen-bond donors (Lipinski definition) is 1. The van der Waals surface area contributed by atoms with E-state index in [9.17, 15) is 4.39 Å². The van der Waals surface area contributed by atoms with E-state index >= 15 is 0 Å². The summed E-state index contributed by atoms with van der Waals surface area (Å²) in [7, 11) is 3.99. The number of nitrogens with zero attached hydrogens (tertiary/aromatic N) is 1. The Labute approximate surface area is 124 Å². The number of rotatable bonds is 7. The fourth-order valence-corrected chi connectivity index (χ4v) is 3.09. The average molecular weight is 292 g/mol. The highest BCUT2D eigenvalue weighted by Crippen LogP contribution is 2.20. The standard InChI is InChI=1S/C16H21FN2S/c1-18-16(14-7-3-4-8-15(14)17)9-10-19(2)12-13-6-5-11-20-13/h3-8,11,16,18H,9-10,12H2,1-2H3. The highest BCUT2D eigenvalue weighted by molar-refractivity contribution is 7.09. The van der Waals surface area contributed by atoms with Crippen molar-refractivity contribution >= 4 is 11.3 Å². The zero-order valence-corrected chi connectivity index (χ0v) is 12.8. The summed E-state index contributed by atoms with van der Waals surface area (Å²) in [6.07, 6.45) is 0.888. The highest BCUT2D eigenvalue weighted by atomic mass is 32.1. The van der Waals surface area contributed by atoms with E-state index in [1.807, 2.05) is 19.2 Å². The summed E-state index contributed by atoms with van der Waals surface area (Å²) >= 11 is 1.77. The van der Waals surface area contributed by atoms with Gasteiger partial charge >= 0.3 is 0 Å². The number of halogens is 1. The van der Waals surface area contributed by atoms with E-state index in [1.54, 1.807) is 17.4 Å². The van der Waals surface area contributed by atoms with Crippen LogP contribution >= 0.6 is 11.3 Å². The Kier molecular flexibility index (Phi) is 5.71. The first-order chi connectivity index (χ1) is 9.70. The molecule has 0 aliphatic carbocycles. The van der Waals surface area contributed by atoms with Gasteiger partial charge in [-0.1, -0.05) is 24.3 Å². The molecule has 1 unspecified atom stereocenters. The first-order valence-electron chi connectivity index (χ1n) is 6.83. The molecule has 0 fully saturated rings. The Bertz CT molecular complexity index is 513. The van der Waals surface area contributed by atoms with Crippen molar-refractivity contribution in [1.29, 1.82) is 0 Å². The molecule has 0 saturated heterocycles. The molecular formula is C16H21FN2S. The summed E-state index contributed by atoms with van der Waals surface area (Å²) < 4.78 is 13.8. The fraction of sp³-hybridized carbons (Fsp3) is 0.375. The third-order valence-corrected chi connectivity index (χ3v) is 4.30. The van der Waals surface area contributed by atoms with Crippen molar-refractivity contribution in [2.75, 3.05) is 20.6 Å². The molecule has 1 aromatic carbocycles. The van der Waals surface area contributed by atoms with Crippen molar-refractivity contribution in [3.8, 4) is 0 Å². The lowest BCUT2D eigenvalue weighted by atomic mass is 10.0. The van der Waals surface area contributed by atoms with Gasteiger partial charge in [0.05, 0.1) is 0 Å². The minimum Gasteiger partial charge on any atom is -0.313 e. The lowest BCUT2D eigenvalue weighted by molar-refractivity contribution is 0.304. The van der Waals surface area contributed by atoms with Crippen LogP contribution < -0.4 is 5.32 Å². The van der Waals surface area contributed by atoms with Gasteiger partial charge in [-0.25, -0.2) is 4.39 Å². The Hall–Kier alpha value is -1.23. The molecule has 108 valence electrons. The molecule has 0 aliphatic rings. The molecule has 0 saturated carbocycles. The smallest absolute Gasteiger partial charge is 0.127 e. The first kappa shape index (κ1) is 15.2. The van der Waals surface area contributed by atoms with Gasteiger partial charge in [-0.05, 0) is 38.0 Å². The first-order valence-corrected chi connectivity index (χ1v) is 7.71. The maximum Gasteiger partial charge on any atom is 0.127 e. The minimum absolute atomic E-state index is 0.0574. The average Bonchev–Trinajstić information content (AvgIpc) is 2.94. The van der Waals surface area contributed by atoms with Gasteiger partial charge in [0.2, 0.25) is 0 Å². The summed E-state index contributed by atoms with van der Waals surface area (Å²) in [4.78, 5) is 3.64. The second kappa shape index (κ2) is 7.53. The van der Waals surface area contributed by atoms with Crippen molar-refractivity contribution in [3.05, 3.63) is 58.0 Å². The van der Waals surface area contributed by atoms with Crippen molar-refractivity contribution in [1.82, 2.24) is 10.2 Å². The molecule has 0 radical (unpaired) electrons. The highest BCUT2D eigenvalue weighted by Gasteiger charge is 2.14. The largest absolute Gasteiger partial charge is 0.313 e. The van der Waals surface area contributed by atoms with Gasteiger partial charge in [0.15, 0.2) is 0 Å². The van der Waals surface area contributed by atoms with Crippen LogP contribution in [0.3, 0.4) is 0 Å². The van der Waals surface area contributed by atoms with E-state index in [-0.39, 0.29) is 11.9 Å². The summed E-state index contributed by atoms with van der Waals surface area (Å²) in [5, 5.41) is 5.31. The maximum absolute atomic E-state index is 13.8. The molecule has 2 nitrogen and oxygen atoms in total. The summed E-state index contributed by atoms with van der Waals surface area (Å²) in [5.41, 5.74) is 0.750. The van der Waals surface area contributed by atoms with Gasteiger partial charge in [0, 0.05) is 29.6 Å². The normalized spacial score (nSPS) is 12.8. The molecule has 1 N–H and O–H groups in total. The van der Waals surface area contributed by atoms with Crippen LogP contribution in [0.5, 0.6) is 0 Å². The Morgan fingerprint density at radius 1 is 1.25 bits per heavy atom. The van der Waals surface area contributed by atoms with Gasteiger partial charge in [0.25, 0.3) is 0 Å². The van der Waals surface area contributed by atoms with Gasteiger partial charge < -0.3 is 10.2 Å². The molecule has 1 atom stereocenters. The molecular weight excluding hydrogens is 271 g/mol. The van der Waals surface area contributed by atoms with E-state index in [0.717, 1.165) is 25.1 Å². The predicted octanol–water partition coefficient (Wildman–Crippen LogP) is 3.67. The van der Waals surface area contributed by atoms with Gasteiger partial charge in [0.1, 0.15) is 5.82 Å². The van der Waals surface area contributed by atoms with E-state index in [0.29, 0.717) is 0 Å². The van der Waals surface area contributed by atoms with Crippen molar-refractivity contribution in [3.63, 3.8) is 0 Å². The van der Waals surface area contributed by atoms with Crippen LogP contribution in [0.15, 0.2) is 41.8 Å². The van der Waals surface area contributed by atoms with Crippen LogP contribution in [-0.4, -0.2) is 25.5 Å². The van der Waals surface area contributed by atoms with Gasteiger partial charge in [-0.3, -0.25) is 0 Å². The van der Waals surface area contributed by atoms with E-state index < -0.39 is 0 Å². The predicted molar refractivity (Wildman–Crippen MR) is 83.5 cm³/mol. The molecule has 2 aromatic rings.